The van der Waals surface area contributed by atoms with Crippen molar-refractivity contribution in [2.24, 2.45) is 11.8 Å². The minimum atomic E-state index is 0.159. The predicted octanol–water partition coefficient (Wildman–Crippen LogP) is 6.60. The van der Waals surface area contributed by atoms with Gasteiger partial charge in [-0.3, -0.25) is 0 Å². The molecule has 0 amide bonds. The summed E-state index contributed by atoms with van der Waals surface area (Å²) in [5.41, 5.74) is 0.836. The first-order chi connectivity index (χ1) is 13.4. The molecule has 148 valence electrons. The van der Waals surface area contributed by atoms with Crippen LogP contribution in [0, 0.1) is 11.8 Å². The standard InChI is InChI=1S/C22H23Cl2NO3/c1-14(9-15(2)26)3-4-17-10-20(24)22(25-12-17)28-21-8-7-18(11-19(21)23)27-13-16-5-6-16/h3-4,7-8,10-12,14,16H,5-6,9,13H2,1-2H3/b4-3+/t14-/m0/s1. The van der Waals surface area contributed by atoms with Crippen LogP contribution in [0.1, 0.15) is 38.7 Å². The van der Waals surface area contributed by atoms with Gasteiger partial charge in [-0.25, -0.2) is 4.98 Å². The predicted molar refractivity (Wildman–Crippen MR) is 112 cm³/mol. The van der Waals surface area contributed by atoms with Crippen LogP contribution >= 0.6 is 23.2 Å². The molecule has 28 heavy (non-hydrogen) atoms. The smallest absolute Gasteiger partial charge is 0.238 e. The van der Waals surface area contributed by atoms with Crippen LogP contribution in [0.25, 0.3) is 6.08 Å². The second kappa shape index (κ2) is 9.44. The summed E-state index contributed by atoms with van der Waals surface area (Å²) in [6.45, 7) is 4.31. The van der Waals surface area contributed by atoms with E-state index in [1.54, 1.807) is 31.3 Å². The maximum absolute atomic E-state index is 11.2. The van der Waals surface area contributed by atoms with Crippen LogP contribution in [0.5, 0.6) is 17.4 Å². The molecule has 0 N–H and O–H groups in total. The highest BCUT2D eigenvalue weighted by Crippen LogP contribution is 2.36. The summed E-state index contributed by atoms with van der Waals surface area (Å²) in [6.07, 6.45) is 8.51. The van der Waals surface area contributed by atoms with E-state index in [0.29, 0.717) is 28.1 Å². The second-order valence-corrected chi connectivity index (χ2v) is 8.06. The van der Waals surface area contributed by atoms with Crippen molar-refractivity contribution < 1.29 is 14.3 Å². The van der Waals surface area contributed by atoms with E-state index < -0.39 is 0 Å². The lowest BCUT2D eigenvalue weighted by Crippen LogP contribution is -1.99. The average Bonchev–Trinajstić information content (AvgIpc) is 3.46. The van der Waals surface area contributed by atoms with Crippen molar-refractivity contribution in [3.8, 4) is 17.4 Å². The number of nitrogens with zero attached hydrogens (tertiary/aromatic N) is 1. The first kappa shape index (κ1) is 20.7. The normalized spacial score (nSPS) is 14.9. The number of benzene rings is 1. The maximum Gasteiger partial charge on any atom is 0.238 e. The van der Waals surface area contributed by atoms with Gasteiger partial charge in [0.05, 0.1) is 11.6 Å². The Morgan fingerprint density at radius 3 is 2.71 bits per heavy atom. The summed E-state index contributed by atoms with van der Waals surface area (Å²) in [7, 11) is 0. The van der Waals surface area contributed by atoms with Gasteiger partial charge in [-0.2, -0.15) is 0 Å². The largest absolute Gasteiger partial charge is 0.493 e. The van der Waals surface area contributed by atoms with Crippen LogP contribution in [0.4, 0.5) is 0 Å². The van der Waals surface area contributed by atoms with Crippen molar-refractivity contribution in [1.82, 2.24) is 4.98 Å². The Morgan fingerprint density at radius 1 is 1.29 bits per heavy atom. The van der Waals surface area contributed by atoms with E-state index in [9.17, 15) is 4.79 Å². The van der Waals surface area contributed by atoms with Crippen LogP contribution < -0.4 is 9.47 Å². The Labute approximate surface area is 175 Å². The maximum atomic E-state index is 11.2. The molecule has 1 aliphatic carbocycles. The lowest BCUT2D eigenvalue weighted by Gasteiger charge is -2.11. The molecule has 4 nitrogen and oxygen atoms in total. The number of halogens is 2. The van der Waals surface area contributed by atoms with Crippen LogP contribution in [-0.2, 0) is 4.79 Å². The Hall–Kier alpha value is -2.04. The number of hydrogen-bond donors (Lipinski definition) is 0. The highest BCUT2D eigenvalue weighted by Gasteiger charge is 2.22. The molecule has 1 aromatic carbocycles. The highest BCUT2D eigenvalue weighted by atomic mass is 35.5. The van der Waals surface area contributed by atoms with E-state index in [0.717, 1.165) is 17.9 Å². The van der Waals surface area contributed by atoms with E-state index in [1.807, 2.05) is 25.1 Å². The molecular weight excluding hydrogens is 397 g/mol. The first-order valence-electron chi connectivity index (χ1n) is 9.34. The fraction of sp³-hybridized carbons (Fsp3) is 0.364. The zero-order valence-electron chi connectivity index (χ0n) is 16.0. The number of Topliss-reactive ketones (excluding diaryl/α,β-unsaturated/α-hetero) is 1. The van der Waals surface area contributed by atoms with E-state index >= 15 is 0 Å². The molecule has 0 bridgehead atoms. The molecule has 0 radical (unpaired) electrons. The van der Waals surface area contributed by atoms with Gasteiger partial charge in [0.1, 0.15) is 22.3 Å². The molecule has 6 heteroatoms. The summed E-state index contributed by atoms with van der Waals surface area (Å²) in [5, 5.41) is 0.819. The monoisotopic (exact) mass is 419 g/mol. The zero-order valence-corrected chi connectivity index (χ0v) is 17.5. The number of rotatable bonds is 9. The van der Waals surface area contributed by atoms with Crippen molar-refractivity contribution in [3.63, 3.8) is 0 Å². The number of aromatic nitrogens is 1. The molecule has 1 saturated carbocycles. The average molecular weight is 420 g/mol. The Morgan fingerprint density at radius 2 is 2.07 bits per heavy atom. The van der Waals surface area contributed by atoms with E-state index in [1.165, 1.54) is 12.8 Å². The van der Waals surface area contributed by atoms with E-state index in [4.69, 9.17) is 32.7 Å². The third-order valence-electron chi connectivity index (χ3n) is 4.35. The van der Waals surface area contributed by atoms with Crippen molar-refractivity contribution in [2.75, 3.05) is 6.61 Å². The Kier molecular flexibility index (Phi) is 6.97. The number of carbonyl (C=O) groups excluding carboxylic acids is 1. The molecule has 1 aliphatic rings. The molecule has 0 spiro atoms. The summed E-state index contributed by atoms with van der Waals surface area (Å²) >= 11 is 12.6. The topological polar surface area (TPSA) is 48.4 Å². The summed E-state index contributed by atoms with van der Waals surface area (Å²) < 4.78 is 11.5. The number of carbonyl (C=O) groups is 1. The van der Waals surface area contributed by atoms with Crippen LogP contribution in [0.15, 0.2) is 36.5 Å². The molecule has 0 saturated heterocycles. The molecule has 0 aliphatic heterocycles. The van der Waals surface area contributed by atoms with Crippen molar-refractivity contribution in [2.45, 2.75) is 33.1 Å². The molecule has 1 fully saturated rings. The minimum Gasteiger partial charge on any atom is -0.493 e. The molecule has 3 rings (SSSR count). The Bertz CT molecular complexity index is 878. The van der Waals surface area contributed by atoms with Crippen LogP contribution in [0.2, 0.25) is 10.0 Å². The Balaban J connectivity index is 1.63. The zero-order chi connectivity index (χ0) is 20.1. The molecular formula is C22H23Cl2NO3. The third kappa shape index (κ3) is 6.25. The van der Waals surface area contributed by atoms with Gasteiger partial charge in [0.25, 0.3) is 0 Å². The first-order valence-corrected chi connectivity index (χ1v) is 10.1. The van der Waals surface area contributed by atoms with Crippen molar-refractivity contribution in [3.05, 3.63) is 52.1 Å². The number of ketones is 1. The van der Waals surface area contributed by atoms with Gasteiger partial charge >= 0.3 is 0 Å². The quantitative estimate of drug-likeness (QED) is 0.459. The number of hydrogen-bond acceptors (Lipinski definition) is 4. The number of pyridine rings is 1. The fourth-order valence-corrected chi connectivity index (χ4v) is 3.08. The van der Waals surface area contributed by atoms with Crippen LogP contribution in [0.3, 0.4) is 0 Å². The van der Waals surface area contributed by atoms with Gasteiger partial charge in [-0.15, -0.1) is 0 Å². The molecule has 1 heterocycles. The van der Waals surface area contributed by atoms with Crippen LogP contribution in [-0.4, -0.2) is 17.4 Å². The molecule has 1 aromatic heterocycles. The van der Waals surface area contributed by atoms with Crippen molar-refractivity contribution in [1.29, 1.82) is 0 Å². The van der Waals surface area contributed by atoms with Crippen molar-refractivity contribution >= 4 is 35.1 Å². The fourth-order valence-electron chi connectivity index (χ4n) is 2.66. The van der Waals surface area contributed by atoms with Gasteiger partial charge < -0.3 is 14.3 Å². The minimum absolute atomic E-state index is 0.159. The summed E-state index contributed by atoms with van der Waals surface area (Å²) in [4.78, 5) is 15.4. The van der Waals surface area contributed by atoms with Gasteiger partial charge in [0.15, 0.2) is 0 Å². The van der Waals surface area contributed by atoms with Gasteiger partial charge in [0.2, 0.25) is 5.88 Å². The highest BCUT2D eigenvalue weighted by molar-refractivity contribution is 6.32. The SMILES string of the molecule is CC(=O)C[C@@H](C)/C=C/c1cnc(Oc2ccc(OCC3CC3)cc2Cl)c(Cl)c1. The van der Waals surface area contributed by atoms with Gasteiger partial charge in [0, 0.05) is 18.7 Å². The lowest BCUT2D eigenvalue weighted by atomic mass is 10.0. The lowest BCUT2D eigenvalue weighted by molar-refractivity contribution is -0.117. The van der Waals surface area contributed by atoms with E-state index in [-0.39, 0.29) is 17.6 Å². The summed E-state index contributed by atoms with van der Waals surface area (Å²) in [6, 6.07) is 7.08. The second-order valence-electron chi connectivity index (χ2n) is 7.25. The van der Waals surface area contributed by atoms with Gasteiger partial charge in [-0.05, 0) is 55.4 Å². The summed E-state index contributed by atoms with van der Waals surface area (Å²) in [5.74, 6) is 2.47. The van der Waals surface area contributed by atoms with E-state index in [2.05, 4.69) is 4.98 Å². The molecule has 1 atom stereocenters. The third-order valence-corrected chi connectivity index (χ3v) is 4.91. The molecule has 0 unspecified atom stereocenters. The van der Waals surface area contributed by atoms with Gasteiger partial charge in [-0.1, -0.05) is 42.3 Å². The number of ether oxygens (including phenoxy) is 2. The number of allylic oxidation sites excluding steroid dienone is 1. The molecule has 2 aromatic rings.